The van der Waals surface area contributed by atoms with E-state index in [1.807, 2.05) is 18.5 Å². The zero-order valence-electron chi connectivity index (χ0n) is 35.4. The summed E-state index contributed by atoms with van der Waals surface area (Å²) < 4.78 is 6.20. The first-order valence-electron chi connectivity index (χ1n) is 21.7. The monoisotopic (exact) mass is 758 g/mol. The van der Waals surface area contributed by atoms with Crippen molar-refractivity contribution in [3.63, 3.8) is 0 Å². The number of ether oxygens (including phenoxy) is 1. The fourth-order valence-electron chi connectivity index (χ4n) is 14.7. The largest absolute Gasteiger partial charge is 0.481 e. The number of aromatic nitrogens is 1. The number of nitrogens with zero attached hydrogens (tertiary/aromatic N) is 3. The van der Waals surface area contributed by atoms with Gasteiger partial charge in [-0.05, 0) is 148 Å². The molecule has 1 aliphatic heterocycles. The van der Waals surface area contributed by atoms with E-state index in [0.29, 0.717) is 41.9 Å². The average molecular weight is 758 g/mol. The van der Waals surface area contributed by atoms with Crippen LogP contribution in [0.4, 0.5) is 0 Å². The first-order chi connectivity index (χ1) is 25.8. The van der Waals surface area contributed by atoms with Crippen LogP contribution in [0.15, 0.2) is 36.7 Å². The fraction of sp³-hybridized carbons (Fsp3) is 0.787. The summed E-state index contributed by atoms with van der Waals surface area (Å²) in [7, 11) is 0. The maximum Gasteiger partial charge on any atom is 0.309 e. The van der Waals surface area contributed by atoms with E-state index in [0.717, 1.165) is 71.2 Å². The summed E-state index contributed by atoms with van der Waals surface area (Å²) in [5, 5.41) is 9.64. The minimum atomic E-state index is -1.14. The van der Waals surface area contributed by atoms with Gasteiger partial charge in [0, 0.05) is 57.0 Å². The molecule has 0 aromatic carbocycles. The fourth-order valence-corrected chi connectivity index (χ4v) is 14.7. The topological polar surface area (TPSA) is 100 Å². The summed E-state index contributed by atoms with van der Waals surface area (Å²) in [5.41, 5.74) is 1.78. The third kappa shape index (κ3) is 6.70. The third-order valence-electron chi connectivity index (χ3n) is 18.0. The van der Waals surface area contributed by atoms with E-state index in [1.165, 1.54) is 36.8 Å². The van der Waals surface area contributed by atoms with Crippen LogP contribution in [0.2, 0.25) is 0 Å². The van der Waals surface area contributed by atoms with Gasteiger partial charge in [0.05, 0.1) is 11.8 Å². The summed E-state index contributed by atoms with van der Waals surface area (Å²) in [6, 6.07) is 4.14. The van der Waals surface area contributed by atoms with Crippen molar-refractivity contribution in [3.05, 3.63) is 42.2 Å². The first-order valence-corrected chi connectivity index (χ1v) is 21.7. The van der Waals surface area contributed by atoms with Gasteiger partial charge in [0.2, 0.25) is 5.91 Å². The molecule has 6 aliphatic rings. The second-order valence-corrected chi connectivity index (χ2v) is 21.4. The van der Waals surface area contributed by atoms with Crippen molar-refractivity contribution < 1.29 is 24.2 Å². The SMILES string of the molecule is C=C(C)[C@@H]1CC[C@]2(CC(=O)N3CCN(Cc4cccnc4)CC3)CC[C@]3(C)[C@H](CC[C@@H]4[C@@]5(C)CC[C@H](OC(=O)CC(C)(C)C(=O)O)C(C)(C)C5CC[C@]43C)[C@@H]12. The van der Waals surface area contributed by atoms with Gasteiger partial charge in [-0.1, -0.05) is 52.8 Å². The Bertz CT molecular complexity index is 1650. The van der Waals surface area contributed by atoms with Crippen LogP contribution in [0.25, 0.3) is 0 Å². The number of amides is 1. The number of pyridine rings is 1. The molecule has 0 bridgehead atoms. The van der Waals surface area contributed by atoms with Gasteiger partial charge in [-0.3, -0.25) is 24.3 Å². The lowest BCUT2D eigenvalue weighted by molar-refractivity contribution is -0.250. The summed E-state index contributed by atoms with van der Waals surface area (Å²) >= 11 is 0. The number of carboxylic acid groups (broad SMARTS) is 1. The zero-order chi connectivity index (χ0) is 39.8. The number of fused-ring (bicyclic) bond motifs is 7. The molecule has 1 unspecified atom stereocenters. The minimum absolute atomic E-state index is 0.0567. The second-order valence-electron chi connectivity index (χ2n) is 21.4. The normalized spacial score (nSPS) is 39.9. The van der Waals surface area contributed by atoms with Crippen molar-refractivity contribution in [2.75, 3.05) is 26.2 Å². The van der Waals surface area contributed by atoms with Crippen molar-refractivity contribution in [1.82, 2.24) is 14.8 Å². The van der Waals surface area contributed by atoms with Gasteiger partial charge in [0.15, 0.2) is 0 Å². The Morgan fingerprint density at radius 2 is 1.64 bits per heavy atom. The van der Waals surface area contributed by atoms with Crippen molar-refractivity contribution in [2.24, 2.45) is 62.1 Å². The predicted molar refractivity (Wildman–Crippen MR) is 216 cm³/mol. The molecule has 55 heavy (non-hydrogen) atoms. The highest BCUT2D eigenvalue weighted by Crippen LogP contribution is 2.78. The second kappa shape index (κ2) is 14.3. The molecule has 2 heterocycles. The molecule has 8 nitrogen and oxygen atoms in total. The molecule has 1 N–H and O–H groups in total. The van der Waals surface area contributed by atoms with E-state index in [-0.39, 0.29) is 39.6 Å². The van der Waals surface area contributed by atoms with Gasteiger partial charge in [0.25, 0.3) is 0 Å². The lowest BCUT2D eigenvalue weighted by Crippen LogP contribution is -2.67. The number of carbonyl (C=O) groups is 3. The number of carboxylic acids is 1. The van der Waals surface area contributed by atoms with Crippen LogP contribution < -0.4 is 0 Å². The highest BCUT2D eigenvalue weighted by molar-refractivity contribution is 5.81. The van der Waals surface area contributed by atoms with Gasteiger partial charge >= 0.3 is 11.9 Å². The molecule has 7 rings (SSSR count). The number of esters is 1. The summed E-state index contributed by atoms with van der Waals surface area (Å²) in [4.78, 5) is 48.2. The summed E-state index contributed by atoms with van der Waals surface area (Å²) in [5.74, 6) is 1.59. The number of hydrogen-bond acceptors (Lipinski definition) is 6. The van der Waals surface area contributed by atoms with E-state index in [4.69, 9.17) is 4.74 Å². The summed E-state index contributed by atoms with van der Waals surface area (Å²) in [6.45, 7) is 26.9. The maximum atomic E-state index is 14.3. The number of allylic oxidation sites excluding steroid dienone is 1. The quantitative estimate of drug-likeness (QED) is 0.198. The number of aliphatic carboxylic acids is 1. The van der Waals surface area contributed by atoms with E-state index >= 15 is 0 Å². The van der Waals surface area contributed by atoms with Crippen LogP contribution in [0.3, 0.4) is 0 Å². The molecular weight excluding hydrogens is 687 g/mol. The average Bonchev–Trinajstić information content (AvgIpc) is 3.50. The molecule has 1 amide bonds. The van der Waals surface area contributed by atoms with Gasteiger partial charge in [-0.2, -0.15) is 0 Å². The van der Waals surface area contributed by atoms with Crippen molar-refractivity contribution in [2.45, 2.75) is 145 Å². The van der Waals surface area contributed by atoms with Gasteiger partial charge < -0.3 is 14.7 Å². The molecule has 10 atom stereocenters. The molecule has 1 aromatic heterocycles. The van der Waals surface area contributed by atoms with Gasteiger partial charge in [-0.25, -0.2) is 0 Å². The molecule has 5 saturated carbocycles. The Morgan fingerprint density at radius 1 is 0.909 bits per heavy atom. The molecule has 0 spiro atoms. The molecule has 1 saturated heterocycles. The van der Waals surface area contributed by atoms with Crippen LogP contribution in [0.1, 0.15) is 138 Å². The van der Waals surface area contributed by atoms with Gasteiger partial charge in [0.1, 0.15) is 6.10 Å². The van der Waals surface area contributed by atoms with E-state index in [1.54, 1.807) is 13.8 Å². The minimum Gasteiger partial charge on any atom is -0.481 e. The highest BCUT2D eigenvalue weighted by Gasteiger charge is 2.71. The van der Waals surface area contributed by atoms with Crippen LogP contribution in [0.5, 0.6) is 0 Å². The number of piperazine rings is 1. The zero-order valence-corrected chi connectivity index (χ0v) is 35.4. The van der Waals surface area contributed by atoms with Crippen molar-refractivity contribution >= 4 is 17.8 Å². The molecule has 5 aliphatic carbocycles. The highest BCUT2D eigenvalue weighted by atomic mass is 16.5. The molecule has 6 fully saturated rings. The number of hydrogen-bond donors (Lipinski definition) is 1. The molecular formula is C47H71N3O5. The van der Waals surface area contributed by atoms with Crippen LogP contribution >= 0.6 is 0 Å². The van der Waals surface area contributed by atoms with Crippen LogP contribution in [0, 0.1) is 62.1 Å². The molecule has 8 heteroatoms. The molecule has 304 valence electrons. The third-order valence-corrected chi connectivity index (χ3v) is 18.0. The Kier molecular flexibility index (Phi) is 10.5. The Balaban J connectivity index is 1.07. The number of rotatable bonds is 9. The Morgan fingerprint density at radius 3 is 2.29 bits per heavy atom. The molecule has 1 aromatic rings. The molecule has 0 radical (unpaired) electrons. The van der Waals surface area contributed by atoms with Crippen LogP contribution in [-0.4, -0.2) is 70.0 Å². The smallest absolute Gasteiger partial charge is 0.309 e. The maximum absolute atomic E-state index is 14.3. The first kappa shape index (κ1) is 40.5. The summed E-state index contributed by atoms with van der Waals surface area (Å²) in [6.07, 6.45) is 15.4. The van der Waals surface area contributed by atoms with Crippen LogP contribution in [-0.2, 0) is 25.7 Å². The number of carbonyl (C=O) groups excluding carboxylic acids is 2. The van der Waals surface area contributed by atoms with Crippen molar-refractivity contribution in [3.8, 4) is 0 Å². The Labute approximate surface area is 331 Å². The lowest BCUT2D eigenvalue weighted by atomic mass is 9.32. The Hall–Kier alpha value is -2.74. The van der Waals surface area contributed by atoms with Crippen molar-refractivity contribution in [1.29, 1.82) is 0 Å². The lowest BCUT2D eigenvalue weighted by Gasteiger charge is -2.73. The van der Waals surface area contributed by atoms with E-state index in [2.05, 4.69) is 69.0 Å². The van der Waals surface area contributed by atoms with Gasteiger partial charge in [-0.15, -0.1) is 0 Å². The van der Waals surface area contributed by atoms with E-state index in [9.17, 15) is 19.5 Å². The standard InChI is InChI=1S/C47H71N3O5/c1-31(2)33-14-19-47(27-38(51)50-25-23-49(24-26-50)30-32-11-10-22-48-29-32)21-20-45(8)34(40(33)47)12-13-36-44(7)17-16-37(55-39(52)28-42(3,4)41(53)54)43(5,6)35(44)15-18-46(36,45)9/h10-11,22,29,33-37,40H,1,12-21,23-28,30H2,2-9H3,(H,53,54)/t33-,34+,35?,36+,37-,40+,44-,45+,46+,47+/m0/s1. The van der Waals surface area contributed by atoms with E-state index < -0.39 is 17.4 Å². The predicted octanol–water partition coefficient (Wildman–Crippen LogP) is 9.19.